The largest absolute Gasteiger partial charge is 0.369 e. The lowest BCUT2D eigenvalue weighted by Crippen LogP contribution is -2.29. The van der Waals surface area contributed by atoms with E-state index in [-0.39, 0.29) is 24.5 Å². The summed E-state index contributed by atoms with van der Waals surface area (Å²) in [6.07, 6.45) is 10.4. The predicted molar refractivity (Wildman–Crippen MR) is 114 cm³/mol. The van der Waals surface area contributed by atoms with Crippen LogP contribution in [0, 0.1) is 5.82 Å². The molecule has 160 valence electrons. The van der Waals surface area contributed by atoms with Gasteiger partial charge in [-0.3, -0.25) is 9.59 Å². The molecule has 3 heterocycles. The maximum atomic E-state index is 12.9. The van der Waals surface area contributed by atoms with Gasteiger partial charge in [-0.15, -0.1) is 0 Å². The number of piperidine rings is 1. The number of halogens is 1. The van der Waals surface area contributed by atoms with Gasteiger partial charge in [0.1, 0.15) is 5.82 Å². The Bertz CT molecular complexity index is 1040. The van der Waals surface area contributed by atoms with Gasteiger partial charge >= 0.3 is 0 Å². The van der Waals surface area contributed by atoms with E-state index in [4.69, 9.17) is 0 Å². The number of amides is 1. The highest BCUT2D eigenvalue weighted by Gasteiger charge is 2.13. The van der Waals surface area contributed by atoms with Crippen LogP contribution in [0.4, 0.5) is 15.8 Å². The van der Waals surface area contributed by atoms with Crippen LogP contribution in [0.1, 0.15) is 42.5 Å². The first-order chi connectivity index (χ1) is 15.1. The first-order valence-corrected chi connectivity index (χ1v) is 10.3. The minimum absolute atomic E-state index is 0.0163. The van der Waals surface area contributed by atoms with E-state index in [0.29, 0.717) is 17.2 Å². The molecule has 1 saturated heterocycles. The summed E-state index contributed by atoms with van der Waals surface area (Å²) in [5.74, 6) is -0.520. The lowest BCUT2D eigenvalue weighted by Gasteiger charge is -2.28. The van der Waals surface area contributed by atoms with Crippen LogP contribution in [-0.4, -0.2) is 44.5 Å². The molecule has 0 radical (unpaired) electrons. The monoisotopic (exact) mass is 422 g/mol. The number of benzene rings is 1. The highest BCUT2D eigenvalue weighted by molar-refractivity contribution is 5.99. The van der Waals surface area contributed by atoms with Gasteiger partial charge in [0.2, 0.25) is 5.91 Å². The van der Waals surface area contributed by atoms with E-state index < -0.39 is 5.82 Å². The number of hydrogen-bond donors (Lipinski definition) is 1. The maximum absolute atomic E-state index is 12.9. The summed E-state index contributed by atoms with van der Waals surface area (Å²) in [4.78, 5) is 35.3. The van der Waals surface area contributed by atoms with Gasteiger partial charge in [-0.1, -0.05) is 0 Å². The Morgan fingerprint density at radius 2 is 1.68 bits per heavy atom. The number of nitrogens with zero attached hydrogens (tertiary/aromatic N) is 5. The molecule has 0 spiro atoms. The smallest absolute Gasteiger partial charge is 0.250 e. The zero-order chi connectivity index (χ0) is 21.6. The minimum Gasteiger partial charge on any atom is -0.369 e. The lowest BCUT2D eigenvalue weighted by molar-refractivity contribution is -0.116. The van der Waals surface area contributed by atoms with Gasteiger partial charge in [0.05, 0.1) is 36.2 Å². The molecule has 3 aromatic rings. The van der Waals surface area contributed by atoms with E-state index in [1.165, 1.54) is 54.4 Å². The number of carbonyl (C=O) groups is 2. The van der Waals surface area contributed by atoms with Crippen molar-refractivity contribution in [3.05, 3.63) is 60.4 Å². The first-order valence-electron chi connectivity index (χ1n) is 10.3. The fraction of sp³-hybridized carbons (Fsp3) is 0.318. The van der Waals surface area contributed by atoms with Crippen molar-refractivity contribution >= 4 is 23.1 Å². The average molecular weight is 422 g/mol. The summed E-state index contributed by atoms with van der Waals surface area (Å²) >= 11 is 0. The molecule has 1 aliphatic rings. The first kappa shape index (κ1) is 20.6. The van der Waals surface area contributed by atoms with Crippen molar-refractivity contribution in [3.8, 4) is 5.95 Å². The summed E-state index contributed by atoms with van der Waals surface area (Å²) in [6, 6.07) is 5.28. The number of hydrogen-bond acceptors (Lipinski definition) is 6. The quantitative estimate of drug-likeness (QED) is 0.587. The van der Waals surface area contributed by atoms with Gasteiger partial charge in [0.15, 0.2) is 5.78 Å². The standard InChI is InChI=1S/C22H23FN6O2/c23-17-6-4-16(5-7-17)20(30)8-9-21(31)27-18-12-26-29(15-18)22-24-13-19(14-25-22)28-10-2-1-3-11-28/h4-7,12-15H,1-3,8-11H2,(H,27,31). The third-order valence-corrected chi connectivity index (χ3v) is 5.16. The van der Waals surface area contributed by atoms with Crippen LogP contribution in [0.2, 0.25) is 0 Å². The molecule has 4 rings (SSSR count). The molecule has 0 aliphatic carbocycles. The van der Waals surface area contributed by atoms with Crippen LogP contribution < -0.4 is 10.2 Å². The molecule has 8 nitrogen and oxygen atoms in total. The summed E-state index contributed by atoms with van der Waals surface area (Å²) < 4.78 is 14.4. The summed E-state index contributed by atoms with van der Waals surface area (Å²) in [5, 5.41) is 6.91. The van der Waals surface area contributed by atoms with Crippen LogP contribution in [0.5, 0.6) is 0 Å². The van der Waals surface area contributed by atoms with E-state index in [9.17, 15) is 14.0 Å². The Labute approximate surface area is 179 Å². The summed E-state index contributed by atoms with van der Waals surface area (Å²) in [7, 11) is 0. The zero-order valence-corrected chi connectivity index (χ0v) is 17.0. The molecule has 9 heteroatoms. The normalized spacial score (nSPS) is 13.8. The van der Waals surface area contributed by atoms with E-state index in [1.54, 1.807) is 18.6 Å². The van der Waals surface area contributed by atoms with Crippen molar-refractivity contribution in [2.75, 3.05) is 23.3 Å². The highest BCUT2D eigenvalue weighted by Crippen LogP contribution is 2.18. The Morgan fingerprint density at radius 3 is 2.39 bits per heavy atom. The SMILES string of the molecule is O=C(CCC(=O)c1ccc(F)cc1)Nc1cnn(-c2ncc(N3CCCCC3)cn2)c1. The second kappa shape index (κ2) is 9.46. The molecular weight excluding hydrogens is 399 g/mol. The molecule has 2 aromatic heterocycles. The molecule has 31 heavy (non-hydrogen) atoms. The Morgan fingerprint density at radius 1 is 0.968 bits per heavy atom. The topological polar surface area (TPSA) is 93.0 Å². The zero-order valence-electron chi connectivity index (χ0n) is 17.0. The van der Waals surface area contributed by atoms with Crippen molar-refractivity contribution in [2.24, 2.45) is 0 Å². The predicted octanol–water partition coefficient (Wildman–Crippen LogP) is 3.39. The molecule has 1 fully saturated rings. The minimum atomic E-state index is -0.406. The van der Waals surface area contributed by atoms with Gasteiger partial charge in [-0.25, -0.2) is 19.0 Å². The third kappa shape index (κ3) is 5.30. The number of rotatable bonds is 7. The molecule has 1 N–H and O–H groups in total. The van der Waals surface area contributed by atoms with Crippen LogP contribution in [0.3, 0.4) is 0 Å². The number of anilines is 2. The molecule has 0 atom stereocenters. The van der Waals surface area contributed by atoms with Crippen LogP contribution in [0.15, 0.2) is 49.1 Å². The van der Waals surface area contributed by atoms with Crippen molar-refractivity contribution < 1.29 is 14.0 Å². The van der Waals surface area contributed by atoms with E-state index in [2.05, 4.69) is 25.3 Å². The average Bonchev–Trinajstić information content (AvgIpc) is 3.27. The van der Waals surface area contributed by atoms with Crippen molar-refractivity contribution in [3.63, 3.8) is 0 Å². The van der Waals surface area contributed by atoms with Crippen LogP contribution in [0.25, 0.3) is 5.95 Å². The fourth-order valence-electron chi connectivity index (χ4n) is 3.48. The second-order valence-electron chi connectivity index (χ2n) is 7.44. The van der Waals surface area contributed by atoms with Crippen molar-refractivity contribution in [1.29, 1.82) is 0 Å². The van der Waals surface area contributed by atoms with E-state index in [1.807, 2.05) is 0 Å². The van der Waals surface area contributed by atoms with E-state index >= 15 is 0 Å². The lowest BCUT2D eigenvalue weighted by atomic mass is 10.1. The molecule has 0 bridgehead atoms. The van der Waals surface area contributed by atoms with E-state index in [0.717, 1.165) is 18.8 Å². The number of carbonyl (C=O) groups excluding carboxylic acids is 2. The van der Waals surface area contributed by atoms with Crippen molar-refractivity contribution in [2.45, 2.75) is 32.1 Å². The molecule has 0 saturated carbocycles. The number of Topliss-reactive ketones (excluding diaryl/α,β-unsaturated/α-hetero) is 1. The van der Waals surface area contributed by atoms with Crippen LogP contribution in [-0.2, 0) is 4.79 Å². The van der Waals surface area contributed by atoms with Gasteiger partial charge < -0.3 is 10.2 Å². The summed E-state index contributed by atoms with van der Waals surface area (Å²) in [6.45, 7) is 2.04. The Kier molecular flexibility index (Phi) is 6.30. The molecule has 1 amide bonds. The van der Waals surface area contributed by atoms with Gasteiger partial charge in [-0.2, -0.15) is 5.10 Å². The number of nitrogens with one attached hydrogen (secondary N) is 1. The molecule has 0 unspecified atom stereocenters. The van der Waals surface area contributed by atoms with Gasteiger partial charge in [0, 0.05) is 31.5 Å². The van der Waals surface area contributed by atoms with Crippen molar-refractivity contribution in [1.82, 2.24) is 19.7 Å². The number of ketones is 1. The highest BCUT2D eigenvalue weighted by atomic mass is 19.1. The molecule has 1 aliphatic heterocycles. The van der Waals surface area contributed by atoms with Crippen LogP contribution >= 0.6 is 0 Å². The third-order valence-electron chi connectivity index (χ3n) is 5.16. The van der Waals surface area contributed by atoms with Gasteiger partial charge in [0.25, 0.3) is 5.95 Å². The summed E-state index contributed by atoms with van der Waals surface area (Å²) in [5.41, 5.74) is 1.87. The number of aromatic nitrogens is 4. The van der Waals surface area contributed by atoms with Gasteiger partial charge in [-0.05, 0) is 43.5 Å². The maximum Gasteiger partial charge on any atom is 0.250 e. The molecule has 1 aromatic carbocycles. The molecular formula is C22H23FN6O2. The Balaban J connectivity index is 1.30. The fourth-order valence-corrected chi connectivity index (χ4v) is 3.48. The Hall–Kier alpha value is -3.62. The second-order valence-corrected chi connectivity index (χ2v) is 7.44.